The minimum absolute atomic E-state index is 0. The normalized spacial score (nSPS) is 22.1. The van der Waals surface area contributed by atoms with E-state index in [0.29, 0.717) is 17.2 Å². The fourth-order valence-corrected chi connectivity index (χ4v) is 2.36. The van der Waals surface area contributed by atoms with Gasteiger partial charge in [0.15, 0.2) is 5.78 Å². The Bertz CT molecular complexity index is 487. The van der Waals surface area contributed by atoms with Gasteiger partial charge in [-0.2, -0.15) is 0 Å². The lowest BCUT2D eigenvalue weighted by atomic mass is 10.0. The molecule has 0 aromatic heterocycles. The zero-order valence-corrected chi connectivity index (χ0v) is 12.9. The highest BCUT2D eigenvalue weighted by Gasteiger charge is 2.28. The predicted octanol–water partition coefficient (Wildman–Crippen LogP) is 2.13. The number of halogens is 1. The van der Waals surface area contributed by atoms with Crippen LogP contribution in [-0.4, -0.2) is 41.8 Å². The second-order valence-electron chi connectivity index (χ2n) is 5.12. The van der Waals surface area contributed by atoms with Crippen molar-refractivity contribution >= 4 is 24.1 Å². The number of benzene rings is 1. The minimum atomic E-state index is 0. The van der Waals surface area contributed by atoms with Gasteiger partial charge in [-0.1, -0.05) is 12.1 Å². The Morgan fingerprint density at radius 1 is 1.15 bits per heavy atom. The number of carbonyl (C=O) groups is 2. The van der Waals surface area contributed by atoms with Gasteiger partial charge in [0, 0.05) is 36.3 Å². The molecule has 1 N–H and O–H groups in total. The summed E-state index contributed by atoms with van der Waals surface area (Å²) in [6.07, 6.45) is 0. The molecule has 0 aliphatic carbocycles. The molecule has 0 bridgehead atoms. The first-order valence-corrected chi connectivity index (χ1v) is 6.66. The first kappa shape index (κ1) is 16.7. The maximum atomic E-state index is 12.5. The molecule has 1 aliphatic rings. The van der Waals surface area contributed by atoms with Crippen LogP contribution in [0, 0.1) is 0 Å². The summed E-state index contributed by atoms with van der Waals surface area (Å²) in [5, 5.41) is 3.35. The van der Waals surface area contributed by atoms with E-state index in [2.05, 4.69) is 19.2 Å². The molecule has 0 spiro atoms. The lowest BCUT2D eigenvalue weighted by molar-refractivity contribution is 0.0602. The molecule has 0 saturated carbocycles. The fourth-order valence-electron chi connectivity index (χ4n) is 2.36. The Labute approximate surface area is 125 Å². The smallest absolute Gasteiger partial charge is 0.254 e. The van der Waals surface area contributed by atoms with Gasteiger partial charge < -0.3 is 10.2 Å². The number of nitrogens with zero attached hydrogens (tertiary/aromatic N) is 1. The number of nitrogens with one attached hydrogen (secondary N) is 1. The maximum absolute atomic E-state index is 12.5. The number of hydrogen-bond donors (Lipinski definition) is 1. The van der Waals surface area contributed by atoms with Crippen LogP contribution in [0.15, 0.2) is 24.3 Å². The van der Waals surface area contributed by atoms with E-state index in [0.717, 1.165) is 13.1 Å². The zero-order chi connectivity index (χ0) is 14.0. The standard InChI is InChI=1S/C15H20N2O2.ClH/c1-10-11(2)17(9-8-16-10)15(19)14-6-4-13(5-7-14)12(3)18;/h4-7,10-11,16H,8-9H2,1-3H3;1H. The van der Waals surface area contributed by atoms with Crippen LogP contribution in [-0.2, 0) is 0 Å². The Morgan fingerprint density at radius 2 is 1.70 bits per heavy atom. The van der Waals surface area contributed by atoms with Gasteiger partial charge >= 0.3 is 0 Å². The van der Waals surface area contributed by atoms with Crippen LogP contribution in [0.25, 0.3) is 0 Å². The third-order valence-electron chi connectivity index (χ3n) is 3.83. The SMILES string of the molecule is CC(=O)c1ccc(C(=O)N2CCNC(C)C2C)cc1.Cl. The molecule has 1 heterocycles. The molecule has 5 heteroatoms. The van der Waals surface area contributed by atoms with Gasteiger partial charge in [-0.3, -0.25) is 9.59 Å². The van der Waals surface area contributed by atoms with Gasteiger partial charge in [0.2, 0.25) is 0 Å². The summed E-state index contributed by atoms with van der Waals surface area (Å²) in [5.41, 5.74) is 1.28. The van der Waals surface area contributed by atoms with E-state index in [1.807, 2.05) is 4.90 Å². The number of hydrogen-bond acceptors (Lipinski definition) is 3. The summed E-state index contributed by atoms with van der Waals surface area (Å²) < 4.78 is 0. The van der Waals surface area contributed by atoms with Crippen LogP contribution in [0.1, 0.15) is 41.5 Å². The van der Waals surface area contributed by atoms with Crippen LogP contribution in [0.3, 0.4) is 0 Å². The average molecular weight is 297 g/mol. The van der Waals surface area contributed by atoms with E-state index < -0.39 is 0 Å². The second-order valence-corrected chi connectivity index (χ2v) is 5.12. The zero-order valence-electron chi connectivity index (χ0n) is 12.1. The van der Waals surface area contributed by atoms with Crippen molar-refractivity contribution in [2.45, 2.75) is 32.9 Å². The largest absolute Gasteiger partial charge is 0.333 e. The number of Topliss-reactive ketones (excluding diaryl/α,β-unsaturated/α-hetero) is 1. The Morgan fingerprint density at radius 3 is 2.25 bits per heavy atom. The molecule has 1 fully saturated rings. The molecule has 20 heavy (non-hydrogen) atoms. The van der Waals surface area contributed by atoms with E-state index in [1.165, 1.54) is 6.92 Å². The van der Waals surface area contributed by atoms with Gasteiger partial charge in [-0.25, -0.2) is 0 Å². The average Bonchev–Trinajstić information content (AvgIpc) is 2.41. The molecule has 2 atom stereocenters. The van der Waals surface area contributed by atoms with Crippen molar-refractivity contribution in [2.75, 3.05) is 13.1 Å². The van der Waals surface area contributed by atoms with Crippen LogP contribution < -0.4 is 5.32 Å². The summed E-state index contributed by atoms with van der Waals surface area (Å²) >= 11 is 0. The highest BCUT2D eigenvalue weighted by atomic mass is 35.5. The first-order valence-electron chi connectivity index (χ1n) is 6.66. The van der Waals surface area contributed by atoms with Gasteiger partial charge in [-0.15, -0.1) is 12.4 Å². The Kier molecular flexibility index (Phi) is 5.72. The van der Waals surface area contributed by atoms with Crippen molar-refractivity contribution in [1.29, 1.82) is 0 Å². The van der Waals surface area contributed by atoms with Gasteiger partial charge in [-0.05, 0) is 32.9 Å². The third kappa shape index (κ3) is 3.38. The van der Waals surface area contributed by atoms with Crippen LogP contribution in [0.4, 0.5) is 0 Å². The van der Waals surface area contributed by atoms with Crippen LogP contribution in [0.2, 0.25) is 0 Å². The monoisotopic (exact) mass is 296 g/mol. The summed E-state index contributed by atoms with van der Waals surface area (Å²) in [6.45, 7) is 7.21. The minimum Gasteiger partial charge on any atom is -0.333 e. The Hall–Kier alpha value is -1.39. The molecule has 1 aromatic rings. The van der Waals surface area contributed by atoms with Crippen molar-refractivity contribution in [3.05, 3.63) is 35.4 Å². The van der Waals surface area contributed by atoms with Crippen LogP contribution >= 0.6 is 12.4 Å². The van der Waals surface area contributed by atoms with Crippen LogP contribution in [0.5, 0.6) is 0 Å². The van der Waals surface area contributed by atoms with E-state index in [9.17, 15) is 9.59 Å². The second kappa shape index (κ2) is 6.86. The van der Waals surface area contributed by atoms with Gasteiger partial charge in [0.05, 0.1) is 0 Å². The molecule has 4 nitrogen and oxygen atoms in total. The molecule has 1 aromatic carbocycles. The lowest BCUT2D eigenvalue weighted by Gasteiger charge is -2.38. The molecular weight excluding hydrogens is 276 g/mol. The molecule has 2 unspecified atom stereocenters. The predicted molar refractivity (Wildman–Crippen MR) is 81.7 cm³/mol. The van der Waals surface area contributed by atoms with Crippen molar-refractivity contribution < 1.29 is 9.59 Å². The van der Waals surface area contributed by atoms with E-state index in [4.69, 9.17) is 0 Å². The highest BCUT2D eigenvalue weighted by Crippen LogP contribution is 2.14. The lowest BCUT2D eigenvalue weighted by Crippen LogP contribution is -2.57. The number of piperazine rings is 1. The summed E-state index contributed by atoms with van der Waals surface area (Å²) in [4.78, 5) is 25.6. The molecule has 1 aliphatic heterocycles. The quantitative estimate of drug-likeness (QED) is 0.851. The number of ketones is 1. The number of rotatable bonds is 2. The molecule has 1 amide bonds. The van der Waals surface area contributed by atoms with Gasteiger partial charge in [0.1, 0.15) is 0 Å². The van der Waals surface area contributed by atoms with Gasteiger partial charge in [0.25, 0.3) is 5.91 Å². The third-order valence-corrected chi connectivity index (χ3v) is 3.83. The van der Waals surface area contributed by atoms with E-state index in [-0.39, 0.29) is 30.1 Å². The fraction of sp³-hybridized carbons (Fsp3) is 0.467. The molecule has 2 rings (SSSR count). The van der Waals surface area contributed by atoms with Crippen molar-refractivity contribution in [3.63, 3.8) is 0 Å². The van der Waals surface area contributed by atoms with Crippen molar-refractivity contribution in [3.8, 4) is 0 Å². The van der Waals surface area contributed by atoms with Crippen molar-refractivity contribution in [1.82, 2.24) is 10.2 Å². The highest BCUT2D eigenvalue weighted by molar-refractivity contribution is 5.97. The molecule has 110 valence electrons. The molecule has 1 saturated heterocycles. The topological polar surface area (TPSA) is 49.4 Å². The van der Waals surface area contributed by atoms with E-state index >= 15 is 0 Å². The number of amides is 1. The Balaban J connectivity index is 0.00000200. The summed E-state index contributed by atoms with van der Waals surface area (Å²) in [6, 6.07) is 7.37. The summed E-state index contributed by atoms with van der Waals surface area (Å²) in [7, 11) is 0. The van der Waals surface area contributed by atoms with E-state index in [1.54, 1.807) is 24.3 Å². The first-order chi connectivity index (χ1) is 9.00. The maximum Gasteiger partial charge on any atom is 0.254 e. The molecule has 0 radical (unpaired) electrons. The van der Waals surface area contributed by atoms with Crippen molar-refractivity contribution in [2.24, 2.45) is 0 Å². The molecular formula is C15H21ClN2O2. The number of carbonyl (C=O) groups excluding carboxylic acids is 2. The summed E-state index contributed by atoms with van der Waals surface area (Å²) in [5.74, 6) is 0.0547.